The Bertz CT molecular complexity index is 1220. The fourth-order valence-corrected chi connectivity index (χ4v) is 4.96. The zero-order chi connectivity index (χ0) is 23.5. The average molecular weight is 464 g/mol. The quantitative estimate of drug-likeness (QED) is 0.399. The van der Waals surface area contributed by atoms with Gasteiger partial charge in [0.25, 0.3) is 5.56 Å². The van der Waals surface area contributed by atoms with Crippen LogP contribution in [-0.2, 0) is 17.6 Å². The fraction of sp³-hybridized carbons (Fsp3) is 0.346. The van der Waals surface area contributed by atoms with Crippen LogP contribution in [-0.4, -0.2) is 22.1 Å². The molecule has 4 rings (SSSR count). The number of aryl methyl sites for hydroxylation is 1. The number of fused-ring (bicyclic) bond motifs is 1. The van der Waals surface area contributed by atoms with Gasteiger partial charge in [0.15, 0.2) is 5.16 Å². The number of amides is 1. The van der Waals surface area contributed by atoms with E-state index in [1.54, 1.807) is 0 Å². The van der Waals surface area contributed by atoms with E-state index in [4.69, 9.17) is 4.74 Å². The molecule has 33 heavy (non-hydrogen) atoms. The number of carbonyl (C=O) groups is 1. The second-order valence-electron chi connectivity index (χ2n) is 8.81. The van der Waals surface area contributed by atoms with Gasteiger partial charge >= 0.3 is 0 Å². The van der Waals surface area contributed by atoms with Crippen LogP contribution in [0.1, 0.15) is 48.4 Å². The first-order chi connectivity index (χ1) is 15.8. The summed E-state index contributed by atoms with van der Waals surface area (Å²) in [5.41, 5.74) is 3.54. The molecule has 2 aromatic carbocycles. The number of aromatic nitrogens is 2. The van der Waals surface area contributed by atoms with Crippen molar-refractivity contribution in [3.05, 3.63) is 81.1 Å². The summed E-state index contributed by atoms with van der Waals surface area (Å²) in [6.07, 6.45) is 0.214. The molecule has 0 spiro atoms. The Balaban J connectivity index is 1.63. The summed E-state index contributed by atoms with van der Waals surface area (Å²) in [6, 6.07) is 15.8. The zero-order valence-electron chi connectivity index (χ0n) is 19.4. The molecule has 3 aromatic rings. The lowest BCUT2D eigenvalue weighted by Crippen LogP contribution is -2.33. The van der Waals surface area contributed by atoms with Crippen molar-refractivity contribution in [2.45, 2.75) is 44.0 Å². The van der Waals surface area contributed by atoms with Crippen LogP contribution in [0.15, 0.2) is 58.5 Å². The second-order valence-corrected chi connectivity index (χ2v) is 9.76. The Hall–Kier alpha value is -3.06. The highest BCUT2D eigenvalue weighted by Crippen LogP contribution is 2.36. The summed E-state index contributed by atoms with van der Waals surface area (Å²) in [6.45, 7) is 6.91. The number of carbonyl (C=O) groups excluding carboxylic acids is 1. The first kappa shape index (κ1) is 23.1. The molecule has 0 fully saturated rings. The van der Waals surface area contributed by atoms with E-state index in [1.165, 1.54) is 22.9 Å². The highest BCUT2D eigenvalue weighted by molar-refractivity contribution is 7.98. The van der Waals surface area contributed by atoms with Gasteiger partial charge in [0.2, 0.25) is 5.91 Å². The van der Waals surface area contributed by atoms with E-state index in [-0.39, 0.29) is 23.8 Å². The number of ether oxygens (including phenoxy) is 1. The summed E-state index contributed by atoms with van der Waals surface area (Å²) in [4.78, 5) is 30.1. The molecule has 0 radical (unpaired) electrons. The Morgan fingerprint density at radius 2 is 1.88 bits per heavy atom. The van der Waals surface area contributed by atoms with E-state index < -0.39 is 0 Å². The minimum absolute atomic E-state index is 0.108. The maximum Gasteiger partial charge on any atom is 0.279 e. The molecule has 7 heteroatoms. The molecule has 0 saturated carbocycles. The van der Waals surface area contributed by atoms with E-state index in [2.05, 4.69) is 43.2 Å². The molecule has 0 bridgehead atoms. The van der Waals surface area contributed by atoms with Crippen LogP contribution in [0.5, 0.6) is 5.75 Å². The van der Waals surface area contributed by atoms with Gasteiger partial charge in [-0.3, -0.25) is 9.59 Å². The number of anilines is 1. The first-order valence-electron chi connectivity index (χ1n) is 11.1. The normalized spacial score (nSPS) is 15.3. The van der Waals surface area contributed by atoms with Gasteiger partial charge in [0.1, 0.15) is 11.6 Å². The van der Waals surface area contributed by atoms with Crippen molar-refractivity contribution >= 4 is 23.5 Å². The van der Waals surface area contributed by atoms with E-state index in [9.17, 15) is 9.59 Å². The van der Waals surface area contributed by atoms with Crippen LogP contribution in [0.3, 0.4) is 0 Å². The number of nitrogens with zero attached hydrogens (tertiary/aromatic N) is 2. The Labute approximate surface area is 198 Å². The van der Waals surface area contributed by atoms with Gasteiger partial charge in [-0.15, -0.1) is 0 Å². The molecule has 1 N–H and O–H groups in total. The van der Waals surface area contributed by atoms with Crippen molar-refractivity contribution in [1.29, 1.82) is 0 Å². The third-order valence-electron chi connectivity index (χ3n) is 5.78. The molecule has 1 aromatic heterocycles. The van der Waals surface area contributed by atoms with E-state index in [0.29, 0.717) is 34.8 Å². The fourth-order valence-electron chi connectivity index (χ4n) is 3.92. The summed E-state index contributed by atoms with van der Waals surface area (Å²) < 4.78 is 7.59. The smallest absolute Gasteiger partial charge is 0.279 e. The van der Waals surface area contributed by atoms with Crippen molar-refractivity contribution in [3.8, 4) is 5.75 Å². The molecule has 0 aliphatic carbocycles. The number of benzene rings is 2. The third kappa shape index (κ3) is 5.14. The maximum absolute atomic E-state index is 13.1. The molecule has 1 amide bonds. The SMILES string of the molecule is Cc1ccccc1CSc1nc(=O)c2c(n1C)NC(=O)C[C@@H]2c1ccc(OCC(C)C)cc1. The number of nitrogens with one attached hydrogen (secondary N) is 1. The molecule has 1 aliphatic heterocycles. The molecule has 0 unspecified atom stereocenters. The predicted molar refractivity (Wildman–Crippen MR) is 132 cm³/mol. The lowest BCUT2D eigenvalue weighted by molar-refractivity contribution is -0.116. The summed E-state index contributed by atoms with van der Waals surface area (Å²) in [5, 5.41) is 3.49. The zero-order valence-corrected chi connectivity index (χ0v) is 20.2. The number of hydrogen-bond donors (Lipinski definition) is 1. The summed E-state index contributed by atoms with van der Waals surface area (Å²) >= 11 is 1.49. The molecule has 6 nitrogen and oxygen atoms in total. The highest BCUT2D eigenvalue weighted by atomic mass is 32.2. The lowest BCUT2D eigenvalue weighted by atomic mass is 9.87. The number of hydrogen-bond acceptors (Lipinski definition) is 5. The van der Waals surface area contributed by atoms with E-state index in [0.717, 1.165) is 11.3 Å². The predicted octanol–water partition coefficient (Wildman–Crippen LogP) is 4.89. The van der Waals surface area contributed by atoms with Crippen molar-refractivity contribution in [2.24, 2.45) is 13.0 Å². The van der Waals surface area contributed by atoms with E-state index >= 15 is 0 Å². The van der Waals surface area contributed by atoms with Crippen LogP contribution < -0.4 is 15.6 Å². The van der Waals surface area contributed by atoms with Crippen molar-refractivity contribution in [3.63, 3.8) is 0 Å². The second kappa shape index (κ2) is 9.83. The number of thioether (sulfide) groups is 1. The van der Waals surface area contributed by atoms with Gasteiger partial charge in [-0.25, -0.2) is 0 Å². The number of rotatable bonds is 7. The Morgan fingerprint density at radius 3 is 2.58 bits per heavy atom. The highest BCUT2D eigenvalue weighted by Gasteiger charge is 2.32. The molecule has 2 heterocycles. The van der Waals surface area contributed by atoms with Crippen LogP contribution in [0.2, 0.25) is 0 Å². The van der Waals surface area contributed by atoms with Crippen molar-refractivity contribution in [1.82, 2.24) is 9.55 Å². The molecular weight excluding hydrogens is 434 g/mol. The molecule has 1 atom stereocenters. The monoisotopic (exact) mass is 463 g/mol. The van der Waals surface area contributed by atoms with Gasteiger partial charge in [-0.2, -0.15) is 4.98 Å². The van der Waals surface area contributed by atoms with Crippen LogP contribution in [0, 0.1) is 12.8 Å². The maximum atomic E-state index is 13.1. The molecule has 1 aliphatic rings. The topological polar surface area (TPSA) is 73.2 Å². The van der Waals surface area contributed by atoms with E-state index in [1.807, 2.05) is 48.0 Å². The van der Waals surface area contributed by atoms with Crippen LogP contribution >= 0.6 is 11.8 Å². The van der Waals surface area contributed by atoms with Crippen LogP contribution in [0.25, 0.3) is 0 Å². The molecule has 172 valence electrons. The van der Waals surface area contributed by atoms with Crippen molar-refractivity contribution in [2.75, 3.05) is 11.9 Å². The largest absolute Gasteiger partial charge is 0.493 e. The standard InChI is InChI=1S/C26H29N3O3S/c1-16(2)14-32-20-11-9-18(10-12-20)21-13-22(30)27-24-23(21)25(31)28-26(29(24)4)33-15-19-8-6-5-7-17(19)3/h5-12,16,21H,13-15H2,1-4H3,(H,27,30)/t21-/m1/s1. The van der Waals surface area contributed by atoms with Gasteiger partial charge in [0, 0.05) is 25.1 Å². The van der Waals surface area contributed by atoms with Gasteiger partial charge in [-0.05, 0) is 41.7 Å². The first-order valence-corrected chi connectivity index (χ1v) is 12.1. The summed E-state index contributed by atoms with van der Waals surface area (Å²) in [5.74, 6) is 2.00. The minimum Gasteiger partial charge on any atom is -0.493 e. The van der Waals surface area contributed by atoms with Gasteiger partial charge in [-0.1, -0.05) is 62.0 Å². The third-order valence-corrected chi connectivity index (χ3v) is 6.86. The van der Waals surface area contributed by atoms with Crippen LogP contribution in [0.4, 0.5) is 5.82 Å². The Morgan fingerprint density at radius 1 is 1.15 bits per heavy atom. The minimum atomic E-state index is -0.338. The Kier molecular flexibility index (Phi) is 6.88. The average Bonchev–Trinajstić information content (AvgIpc) is 2.79. The lowest BCUT2D eigenvalue weighted by Gasteiger charge is -2.27. The molecular formula is C26H29N3O3S. The van der Waals surface area contributed by atoms with Gasteiger partial charge < -0.3 is 14.6 Å². The molecule has 0 saturated heterocycles. The van der Waals surface area contributed by atoms with Gasteiger partial charge in [0.05, 0.1) is 12.2 Å². The summed E-state index contributed by atoms with van der Waals surface area (Å²) in [7, 11) is 1.84. The van der Waals surface area contributed by atoms with Crippen molar-refractivity contribution < 1.29 is 9.53 Å².